The van der Waals surface area contributed by atoms with Gasteiger partial charge in [0, 0.05) is 43.4 Å². The molecule has 0 aliphatic rings. The molecule has 10 heteroatoms. The monoisotopic (exact) mass is 445 g/mol. The average molecular weight is 445 g/mol. The molecule has 0 aliphatic carbocycles. The number of carbonyl (C=O) groups is 1. The van der Waals surface area contributed by atoms with Crippen molar-refractivity contribution < 1.29 is 26.9 Å². The molecule has 0 bridgehead atoms. The summed E-state index contributed by atoms with van der Waals surface area (Å²) in [5, 5.41) is 6.92. The number of urea groups is 1. The maximum atomic E-state index is 12.6. The van der Waals surface area contributed by atoms with Crippen LogP contribution in [0.4, 0.5) is 16.2 Å². The third-order valence-electron chi connectivity index (χ3n) is 4.36. The van der Waals surface area contributed by atoms with Crippen LogP contribution in [0.5, 0.6) is 17.2 Å². The van der Waals surface area contributed by atoms with E-state index in [0.717, 1.165) is 9.69 Å². The summed E-state index contributed by atoms with van der Waals surface area (Å²) in [5.74, 6) is 1.20. The van der Waals surface area contributed by atoms with E-state index in [1.807, 2.05) is 6.07 Å². The van der Waals surface area contributed by atoms with E-state index in [2.05, 4.69) is 10.6 Å². The molecule has 0 atom stereocenters. The highest BCUT2D eigenvalue weighted by Crippen LogP contribution is 2.29. The van der Waals surface area contributed by atoms with Gasteiger partial charge in [0.25, 0.3) is 0 Å². The van der Waals surface area contributed by atoms with E-state index in [1.54, 1.807) is 48.5 Å². The summed E-state index contributed by atoms with van der Waals surface area (Å²) in [4.78, 5) is 12.6. The Bertz CT molecular complexity index is 1190. The van der Waals surface area contributed by atoms with Crippen LogP contribution in [0.15, 0.2) is 54.6 Å². The second-order valence-corrected chi connectivity index (χ2v) is 8.44. The molecule has 0 aliphatic heterocycles. The molecular formula is C21H23N3O6S. The largest absolute Gasteiger partial charge is 0.497 e. The van der Waals surface area contributed by atoms with E-state index < -0.39 is 16.3 Å². The number of benzene rings is 3. The molecule has 164 valence electrons. The van der Waals surface area contributed by atoms with Gasteiger partial charge in [-0.3, -0.25) is 0 Å². The van der Waals surface area contributed by atoms with E-state index in [4.69, 9.17) is 13.7 Å². The number of nitrogens with zero attached hydrogens (tertiary/aromatic N) is 1. The Hall–Kier alpha value is -3.50. The van der Waals surface area contributed by atoms with Gasteiger partial charge < -0.3 is 24.3 Å². The van der Waals surface area contributed by atoms with E-state index in [-0.39, 0.29) is 5.75 Å². The number of fused-ring (bicyclic) bond motifs is 1. The summed E-state index contributed by atoms with van der Waals surface area (Å²) >= 11 is 0. The highest BCUT2D eigenvalue weighted by Gasteiger charge is 2.16. The Labute approximate surface area is 180 Å². The fourth-order valence-electron chi connectivity index (χ4n) is 2.77. The van der Waals surface area contributed by atoms with Gasteiger partial charge in [-0.25, -0.2) is 4.79 Å². The summed E-state index contributed by atoms with van der Waals surface area (Å²) in [5.41, 5.74) is 0.965. The molecule has 3 aromatic carbocycles. The van der Waals surface area contributed by atoms with Gasteiger partial charge in [0.2, 0.25) is 0 Å². The van der Waals surface area contributed by atoms with Crippen molar-refractivity contribution in [3.05, 3.63) is 54.6 Å². The highest BCUT2D eigenvalue weighted by molar-refractivity contribution is 7.84. The first-order chi connectivity index (χ1) is 14.7. The number of rotatable bonds is 7. The second kappa shape index (κ2) is 9.11. The summed E-state index contributed by atoms with van der Waals surface area (Å²) in [7, 11) is 1.89. The molecule has 2 amide bonds. The van der Waals surface area contributed by atoms with E-state index >= 15 is 0 Å². The van der Waals surface area contributed by atoms with Crippen molar-refractivity contribution in [2.24, 2.45) is 0 Å². The van der Waals surface area contributed by atoms with Crippen molar-refractivity contribution in [3.63, 3.8) is 0 Å². The van der Waals surface area contributed by atoms with Crippen molar-refractivity contribution in [1.29, 1.82) is 0 Å². The van der Waals surface area contributed by atoms with Crippen molar-refractivity contribution in [1.82, 2.24) is 4.31 Å². The lowest BCUT2D eigenvalue weighted by Gasteiger charge is -2.14. The second-order valence-electron chi connectivity index (χ2n) is 6.69. The molecule has 0 saturated carbocycles. The lowest BCUT2D eigenvalue weighted by Crippen LogP contribution is -2.27. The number of anilines is 2. The van der Waals surface area contributed by atoms with Gasteiger partial charge in [-0.1, -0.05) is 18.2 Å². The molecule has 0 radical (unpaired) electrons. The van der Waals surface area contributed by atoms with Crippen LogP contribution in [0.3, 0.4) is 0 Å². The number of ether oxygens (including phenoxy) is 2. The first-order valence-corrected chi connectivity index (χ1v) is 10.5. The van der Waals surface area contributed by atoms with Gasteiger partial charge in [0.15, 0.2) is 0 Å². The molecule has 0 saturated heterocycles. The van der Waals surface area contributed by atoms with Crippen LogP contribution in [-0.2, 0) is 10.3 Å². The third kappa shape index (κ3) is 5.36. The fourth-order valence-corrected chi connectivity index (χ4v) is 3.27. The molecule has 9 nitrogen and oxygen atoms in total. The maximum absolute atomic E-state index is 12.6. The van der Waals surface area contributed by atoms with Gasteiger partial charge in [0.1, 0.15) is 17.2 Å². The molecule has 0 heterocycles. The average Bonchev–Trinajstić information content (AvgIpc) is 2.73. The van der Waals surface area contributed by atoms with Crippen LogP contribution < -0.4 is 24.3 Å². The molecule has 0 aromatic heterocycles. The number of nitrogens with one attached hydrogen (secondary N) is 2. The summed E-state index contributed by atoms with van der Waals surface area (Å²) in [6.07, 6.45) is 0. The topological polar surface area (TPSA) is 106 Å². The molecule has 31 heavy (non-hydrogen) atoms. The number of amides is 2. The minimum absolute atomic E-state index is 0.133. The fraction of sp³-hybridized carbons (Fsp3) is 0.190. The third-order valence-corrected chi connectivity index (χ3v) is 5.66. The van der Waals surface area contributed by atoms with Crippen LogP contribution in [0.2, 0.25) is 0 Å². The number of methoxy groups -OCH3 is 2. The summed E-state index contributed by atoms with van der Waals surface area (Å²) in [6, 6.07) is 14.7. The Morgan fingerprint density at radius 1 is 0.871 bits per heavy atom. The zero-order valence-corrected chi connectivity index (χ0v) is 18.3. The van der Waals surface area contributed by atoms with Gasteiger partial charge in [-0.05, 0) is 23.6 Å². The van der Waals surface area contributed by atoms with Crippen LogP contribution in [0.25, 0.3) is 10.8 Å². The van der Waals surface area contributed by atoms with Gasteiger partial charge >= 0.3 is 16.3 Å². The van der Waals surface area contributed by atoms with E-state index in [1.165, 1.54) is 28.3 Å². The SMILES string of the molecule is COc1cc(NC(=O)Nc2cccc3ccc(OS(=O)(=O)N(C)C)cc23)cc(OC)c1. The molecule has 0 unspecified atom stereocenters. The van der Waals surface area contributed by atoms with Gasteiger partial charge in [0.05, 0.1) is 19.9 Å². The summed E-state index contributed by atoms with van der Waals surface area (Å²) < 4.78 is 40.5. The van der Waals surface area contributed by atoms with Crippen molar-refractivity contribution in [3.8, 4) is 17.2 Å². The quantitative estimate of drug-likeness (QED) is 0.575. The van der Waals surface area contributed by atoms with Gasteiger partial charge in [-0.15, -0.1) is 0 Å². The normalized spacial score (nSPS) is 11.3. The summed E-state index contributed by atoms with van der Waals surface area (Å²) in [6.45, 7) is 0. The first-order valence-electron chi connectivity index (χ1n) is 9.17. The predicted molar refractivity (Wildman–Crippen MR) is 119 cm³/mol. The smallest absolute Gasteiger partial charge is 0.384 e. The predicted octanol–water partition coefficient (Wildman–Crippen LogP) is 3.69. The standard InChI is InChI=1S/C21H23N3O6S/c1-24(2)31(26,27)30-16-9-8-14-6-5-7-20(19(14)13-16)23-21(25)22-15-10-17(28-3)12-18(11-15)29-4/h5-13H,1-4H3,(H2,22,23,25). The zero-order chi connectivity index (χ0) is 22.6. The van der Waals surface area contributed by atoms with Crippen LogP contribution >= 0.6 is 0 Å². The van der Waals surface area contributed by atoms with Crippen LogP contribution in [-0.4, -0.2) is 47.1 Å². The first kappa shape index (κ1) is 22.2. The van der Waals surface area contributed by atoms with Crippen LogP contribution in [0.1, 0.15) is 0 Å². The Morgan fingerprint density at radius 2 is 1.55 bits per heavy atom. The molecular weight excluding hydrogens is 422 g/mol. The van der Waals surface area contributed by atoms with Crippen LogP contribution in [0, 0.1) is 0 Å². The molecule has 3 rings (SSSR count). The zero-order valence-electron chi connectivity index (χ0n) is 17.5. The van der Waals surface area contributed by atoms with Crippen molar-refractivity contribution >= 4 is 38.5 Å². The van der Waals surface area contributed by atoms with E-state index in [0.29, 0.717) is 28.3 Å². The minimum atomic E-state index is -3.90. The molecule has 0 fully saturated rings. The van der Waals surface area contributed by atoms with Crippen molar-refractivity contribution in [2.45, 2.75) is 0 Å². The Morgan fingerprint density at radius 3 is 2.16 bits per heavy atom. The Kier molecular flexibility index (Phi) is 6.52. The van der Waals surface area contributed by atoms with Gasteiger partial charge in [-0.2, -0.15) is 12.7 Å². The minimum Gasteiger partial charge on any atom is -0.497 e. The number of hydrogen-bond donors (Lipinski definition) is 2. The van der Waals surface area contributed by atoms with E-state index in [9.17, 15) is 13.2 Å². The highest BCUT2D eigenvalue weighted by atomic mass is 32.2. The number of carbonyl (C=O) groups excluding carboxylic acids is 1. The lowest BCUT2D eigenvalue weighted by molar-refractivity contribution is 0.262. The molecule has 2 N–H and O–H groups in total. The lowest BCUT2D eigenvalue weighted by atomic mass is 10.1. The molecule has 3 aromatic rings. The molecule has 0 spiro atoms. The number of hydrogen-bond acceptors (Lipinski definition) is 6. The van der Waals surface area contributed by atoms with Crippen molar-refractivity contribution in [2.75, 3.05) is 38.9 Å². The maximum Gasteiger partial charge on any atom is 0.384 e. The Balaban J connectivity index is 1.85.